The van der Waals surface area contributed by atoms with E-state index in [2.05, 4.69) is 27.6 Å². The first kappa shape index (κ1) is 20.4. The number of aromatic nitrogens is 2. The number of rotatable bonds is 7. The minimum Gasteiger partial charge on any atom is -0.497 e. The highest BCUT2D eigenvalue weighted by Crippen LogP contribution is 2.31. The Kier molecular flexibility index (Phi) is 6.29. The Hall–Kier alpha value is -2.91. The summed E-state index contributed by atoms with van der Waals surface area (Å²) in [6, 6.07) is 17.4. The van der Waals surface area contributed by atoms with E-state index in [1.54, 1.807) is 29.8 Å². The molecular formula is C21H20N4O3S2. The van der Waals surface area contributed by atoms with Crippen LogP contribution in [0.5, 0.6) is 5.75 Å². The van der Waals surface area contributed by atoms with Crippen molar-refractivity contribution in [1.82, 2.24) is 10.2 Å². The van der Waals surface area contributed by atoms with Crippen molar-refractivity contribution in [2.24, 2.45) is 5.92 Å². The monoisotopic (exact) mass is 440 g/mol. The van der Waals surface area contributed by atoms with E-state index in [0.717, 1.165) is 15.8 Å². The summed E-state index contributed by atoms with van der Waals surface area (Å²) >= 11 is 2.91. The molecule has 0 radical (unpaired) electrons. The van der Waals surface area contributed by atoms with E-state index in [4.69, 9.17) is 4.74 Å². The second-order valence-corrected chi connectivity index (χ2v) is 8.94. The molecule has 0 saturated carbocycles. The van der Waals surface area contributed by atoms with Crippen molar-refractivity contribution in [3.63, 3.8) is 0 Å². The van der Waals surface area contributed by atoms with E-state index in [0.29, 0.717) is 17.4 Å². The Balaban J connectivity index is 1.34. The van der Waals surface area contributed by atoms with Gasteiger partial charge in [0.05, 0.1) is 13.0 Å². The Morgan fingerprint density at radius 3 is 2.87 bits per heavy atom. The fourth-order valence-corrected chi connectivity index (χ4v) is 4.87. The van der Waals surface area contributed by atoms with Crippen LogP contribution in [-0.4, -0.2) is 35.7 Å². The van der Waals surface area contributed by atoms with Crippen molar-refractivity contribution in [2.75, 3.05) is 23.9 Å². The third kappa shape index (κ3) is 4.80. The van der Waals surface area contributed by atoms with Gasteiger partial charge < -0.3 is 15.0 Å². The van der Waals surface area contributed by atoms with Crippen molar-refractivity contribution in [3.8, 4) is 5.75 Å². The van der Waals surface area contributed by atoms with Gasteiger partial charge in [0.1, 0.15) is 5.75 Å². The number of thioether (sulfide) groups is 1. The van der Waals surface area contributed by atoms with E-state index in [9.17, 15) is 9.59 Å². The average molecular weight is 441 g/mol. The zero-order valence-corrected chi connectivity index (χ0v) is 17.9. The van der Waals surface area contributed by atoms with E-state index in [1.807, 2.05) is 36.4 Å². The van der Waals surface area contributed by atoms with Gasteiger partial charge in [-0.15, -0.1) is 10.2 Å². The lowest BCUT2D eigenvalue weighted by atomic mass is 10.1. The second-order valence-electron chi connectivity index (χ2n) is 6.74. The van der Waals surface area contributed by atoms with Gasteiger partial charge in [-0.2, -0.15) is 0 Å². The normalized spacial score (nSPS) is 16.0. The van der Waals surface area contributed by atoms with Crippen LogP contribution in [0, 0.1) is 5.92 Å². The maximum Gasteiger partial charge on any atom is 0.231 e. The molecule has 1 saturated heterocycles. The highest BCUT2D eigenvalue weighted by atomic mass is 32.2. The van der Waals surface area contributed by atoms with Gasteiger partial charge >= 0.3 is 0 Å². The number of carbonyl (C=O) groups excluding carboxylic acids is 2. The molecule has 7 nitrogen and oxygen atoms in total. The van der Waals surface area contributed by atoms with E-state index >= 15 is 0 Å². The van der Waals surface area contributed by atoms with Gasteiger partial charge in [-0.1, -0.05) is 59.5 Å². The molecule has 1 aromatic heterocycles. The highest BCUT2D eigenvalue weighted by molar-refractivity contribution is 8.00. The van der Waals surface area contributed by atoms with Crippen molar-refractivity contribution >= 4 is 45.7 Å². The van der Waals surface area contributed by atoms with Crippen LogP contribution in [0.2, 0.25) is 0 Å². The fraction of sp³-hybridized carbons (Fsp3) is 0.238. The summed E-state index contributed by atoms with van der Waals surface area (Å²) in [5.41, 5.74) is 1.93. The molecule has 1 aliphatic heterocycles. The number of nitrogens with zero attached hydrogens (tertiary/aromatic N) is 3. The molecule has 1 aliphatic rings. The molecular weight excluding hydrogens is 420 g/mol. The van der Waals surface area contributed by atoms with Gasteiger partial charge in [0.25, 0.3) is 0 Å². The van der Waals surface area contributed by atoms with Crippen LogP contribution < -0.4 is 15.0 Å². The van der Waals surface area contributed by atoms with Gasteiger partial charge in [0.2, 0.25) is 16.9 Å². The van der Waals surface area contributed by atoms with Crippen molar-refractivity contribution < 1.29 is 14.3 Å². The van der Waals surface area contributed by atoms with Gasteiger partial charge in [-0.05, 0) is 17.7 Å². The molecule has 1 N–H and O–H groups in total. The SMILES string of the molecule is COc1cccc(N2CC(C(=O)Nc3nnc(SCc4ccccc4)s3)CC2=O)c1. The summed E-state index contributed by atoms with van der Waals surface area (Å²) in [4.78, 5) is 26.7. The molecule has 0 bridgehead atoms. The number of ether oxygens (including phenoxy) is 1. The number of hydrogen-bond acceptors (Lipinski definition) is 7. The summed E-state index contributed by atoms with van der Waals surface area (Å²) in [5, 5.41) is 11.4. The average Bonchev–Trinajstić information content (AvgIpc) is 3.39. The smallest absolute Gasteiger partial charge is 0.231 e. The highest BCUT2D eigenvalue weighted by Gasteiger charge is 2.35. The van der Waals surface area contributed by atoms with Crippen LogP contribution in [0.1, 0.15) is 12.0 Å². The molecule has 30 heavy (non-hydrogen) atoms. The summed E-state index contributed by atoms with van der Waals surface area (Å²) in [6.07, 6.45) is 0.164. The first-order valence-electron chi connectivity index (χ1n) is 9.38. The summed E-state index contributed by atoms with van der Waals surface area (Å²) in [5.74, 6) is 0.718. The van der Waals surface area contributed by atoms with Crippen LogP contribution in [0.15, 0.2) is 58.9 Å². The lowest BCUT2D eigenvalue weighted by Gasteiger charge is -2.17. The number of methoxy groups -OCH3 is 1. The largest absolute Gasteiger partial charge is 0.497 e. The molecule has 154 valence electrons. The van der Waals surface area contributed by atoms with E-state index < -0.39 is 5.92 Å². The lowest BCUT2D eigenvalue weighted by molar-refractivity contribution is -0.122. The minimum absolute atomic E-state index is 0.0835. The predicted molar refractivity (Wildman–Crippen MR) is 118 cm³/mol. The third-order valence-electron chi connectivity index (χ3n) is 4.70. The number of carbonyl (C=O) groups is 2. The van der Waals surface area contributed by atoms with Crippen LogP contribution >= 0.6 is 23.1 Å². The van der Waals surface area contributed by atoms with Crippen LogP contribution in [-0.2, 0) is 15.3 Å². The van der Waals surface area contributed by atoms with Gasteiger partial charge in [0, 0.05) is 30.5 Å². The zero-order chi connectivity index (χ0) is 20.9. The second kappa shape index (κ2) is 9.27. The van der Waals surface area contributed by atoms with E-state index in [1.165, 1.54) is 16.9 Å². The third-order valence-corrected chi connectivity index (χ3v) is 6.75. The summed E-state index contributed by atoms with van der Waals surface area (Å²) in [7, 11) is 1.58. The summed E-state index contributed by atoms with van der Waals surface area (Å²) < 4.78 is 6.01. The molecule has 1 unspecified atom stereocenters. The maximum absolute atomic E-state index is 12.7. The standard InChI is InChI=1S/C21H20N4O3S2/c1-28-17-9-5-8-16(11-17)25-12-15(10-18(25)26)19(27)22-20-23-24-21(30-20)29-13-14-6-3-2-4-7-14/h2-9,11,15H,10,12-13H2,1H3,(H,22,23,27). The molecule has 0 aliphatic carbocycles. The molecule has 2 amide bonds. The Morgan fingerprint density at radius 2 is 2.07 bits per heavy atom. The Bertz CT molecular complexity index is 1040. The Morgan fingerprint density at radius 1 is 1.23 bits per heavy atom. The molecule has 2 heterocycles. The van der Waals surface area contributed by atoms with Gasteiger partial charge in [-0.25, -0.2) is 0 Å². The zero-order valence-electron chi connectivity index (χ0n) is 16.3. The molecule has 0 spiro atoms. The van der Waals surface area contributed by atoms with Crippen LogP contribution in [0.3, 0.4) is 0 Å². The topological polar surface area (TPSA) is 84.4 Å². The molecule has 9 heteroatoms. The first-order chi connectivity index (χ1) is 14.6. The van der Waals surface area contributed by atoms with Crippen molar-refractivity contribution in [2.45, 2.75) is 16.5 Å². The molecule has 1 atom stereocenters. The first-order valence-corrected chi connectivity index (χ1v) is 11.2. The van der Waals surface area contributed by atoms with Crippen molar-refractivity contribution in [1.29, 1.82) is 0 Å². The quantitative estimate of drug-likeness (QED) is 0.444. The minimum atomic E-state index is -0.437. The fourth-order valence-electron chi connectivity index (χ4n) is 3.16. The van der Waals surface area contributed by atoms with Crippen LogP contribution in [0.4, 0.5) is 10.8 Å². The number of hydrogen-bond donors (Lipinski definition) is 1. The number of nitrogens with one attached hydrogen (secondary N) is 1. The number of benzene rings is 2. The Labute approximate surface area is 182 Å². The maximum atomic E-state index is 12.7. The molecule has 3 aromatic rings. The van der Waals surface area contributed by atoms with Crippen LogP contribution in [0.25, 0.3) is 0 Å². The van der Waals surface area contributed by atoms with Gasteiger partial charge in [0.15, 0.2) is 4.34 Å². The van der Waals surface area contributed by atoms with Gasteiger partial charge in [-0.3, -0.25) is 9.59 Å². The lowest BCUT2D eigenvalue weighted by Crippen LogP contribution is -2.28. The predicted octanol–water partition coefficient (Wildman–Crippen LogP) is 3.83. The number of amides is 2. The van der Waals surface area contributed by atoms with Crippen molar-refractivity contribution in [3.05, 3.63) is 60.2 Å². The molecule has 4 rings (SSSR count). The molecule has 2 aromatic carbocycles. The summed E-state index contributed by atoms with van der Waals surface area (Å²) in [6.45, 7) is 0.326. The van der Waals surface area contributed by atoms with E-state index in [-0.39, 0.29) is 18.2 Å². The molecule has 1 fully saturated rings. The number of anilines is 2.